The smallest absolute Gasteiger partial charge is 0.339 e. The number of carbonyl (C=O) groups is 2. The van der Waals surface area contributed by atoms with Gasteiger partial charge in [-0.3, -0.25) is 4.79 Å². The van der Waals surface area contributed by atoms with Crippen molar-refractivity contribution in [2.24, 2.45) is 0 Å². The maximum absolute atomic E-state index is 12.5. The van der Waals surface area contributed by atoms with Crippen molar-refractivity contribution in [1.29, 1.82) is 5.26 Å². The van der Waals surface area contributed by atoms with E-state index in [-0.39, 0.29) is 16.8 Å². The molecular formula is C22H15ClN2O4. The minimum Gasteiger partial charge on any atom is -0.465 e. The van der Waals surface area contributed by atoms with Crippen molar-refractivity contribution in [2.45, 2.75) is 0 Å². The van der Waals surface area contributed by atoms with Gasteiger partial charge < -0.3 is 14.5 Å². The molecule has 1 amide bonds. The number of esters is 1. The molecule has 1 N–H and O–H groups in total. The molecule has 0 unspecified atom stereocenters. The van der Waals surface area contributed by atoms with Crippen LogP contribution in [0.5, 0.6) is 0 Å². The molecule has 3 rings (SSSR count). The van der Waals surface area contributed by atoms with Gasteiger partial charge in [-0.05, 0) is 36.4 Å². The predicted octanol–water partition coefficient (Wildman–Crippen LogP) is 4.93. The van der Waals surface area contributed by atoms with E-state index >= 15 is 0 Å². The van der Waals surface area contributed by atoms with Crippen LogP contribution in [0.4, 0.5) is 5.69 Å². The summed E-state index contributed by atoms with van der Waals surface area (Å²) in [5.41, 5.74) is 1.01. The van der Waals surface area contributed by atoms with Gasteiger partial charge in [0.05, 0.1) is 18.4 Å². The minimum absolute atomic E-state index is 0.182. The monoisotopic (exact) mass is 406 g/mol. The topological polar surface area (TPSA) is 92.3 Å². The molecule has 0 spiro atoms. The number of nitrogens with one attached hydrogen (secondary N) is 1. The molecule has 1 aromatic heterocycles. The molecule has 7 heteroatoms. The number of hydrogen-bond acceptors (Lipinski definition) is 5. The first kappa shape index (κ1) is 19.9. The summed E-state index contributed by atoms with van der Waals surface area (Å²) < 4.78 is 10.4. The predicted molar refractivity (Wildman–Crippen MR) is 109 cm³/mol. The molecule has 0 aliphatic heterocycles. The van der Waals surface area contributed by atoms with Crippen molar-refractivity contribution in [1.82, 2.24) is 0 Å². The van der Waals surface area contributed by atoms with Gasteiger partial charge in [0, 0.05) is 16.7 Å². The molecule has 6 nitrogen and oxygen atoms in total. The van der Waals surface area contributed by atoms with E-state index in [4.69, 9.17) is 20.8 Å². The van der Waals surface area contributed by atoms with Crippen LogP contribution in [0.3, 0.4) is 0 Å². The van der Waals surface area contributed by atoms with E-state index in [1.54, 1.807) is 48.5 Å². The van der Waals surface area contributed by atoms with Crippen molar-refractivity contribution in [3.63, 3.8) is 0 Å². The second-order valence-electron chi connectivity index (χ2n) is 5.87. The number of rotatable bonds is 5. The average Bonchev–Trinajstić information content (AvgIpc) is 3.20. The summed E-state index contributed by atoms with van der Waals surface area (Å²) in [6.45, 7) is 0. The summed E-state index contributed by atoms with van der Waals surface area (Å²) in [5.74, 6) is -0.398. The molecule has 0 radical (unpaired) electrons. The molecular weight excluding hydrogens is 392 g/mol. The van der Waals surface area contributed by atoms with Crippen LogP contribution in [-0.4, -0.2) is 19.0 Å². The summed E-state index contributed by atoms with van der Waals surface area (Å²) >= 11 is 5.99. The number of methoxy groups -OCH3 is 1. The summed E-state index contributed by atoms with van der Waals surface area (Å²) in [6.07, 6.45) is 1.32. The SMILES string of the molecule is COC(=O)c1ccccc1NC(=O)/C(C#N)=C/c1ccc(-c2cccc(Cl)c2)o1. The van der Waals surface area contributed by atoms with Crippen LogP contribution in [0.1, 0.15) is 16.1 Å². The van der Waals surface area contributed by atoms with E-state index < -0.39 is 11.9 Å². The van der Waals surface area contributed by atoms with Gasteiger partial charge in [-0.1, -0.05) is 35.9 Å². The first-order valence-corrected chi connectivity index (χ1v) is 8.86. The summed E-state index contributed by atoms with van der Waals surface area (Å²) in [7, 11) is 1.25. The minimum atomic E-state index is -0.676. The molecule has 1 heterocycles. The molecule has 0 saturated carbocycles. The largest absolute Gasteiger partial charge is 0.465 e. The second-order valence-corrected chi connectivity index (χ2v) is 6.31. The van der Waals surface area contributed by atoms with Gasteiger partial charge in [-0.2, -0.15) is 5.26 Å². The van der Waals surface area contributed by atoms with Crippen molar-refractivity contribution >= 4 is 35.2 Å². The van der Waals surface area contributed by atoms with Crippen LogP contribution >= 0.6 is 11.6 Å². The van der Waals surface area contributed by atoms with Crippen LogP contribution in [0.15, 0.2) is 70.7 Å². The van der Waals surface area contributed by atoms with Crippen molar-refractivity contribution in [3.8, 4) is 17.4 Å². The molecule has 0 atom stereocenters. The standard InChI is InChI=1S/C22H15ClN2O4/c1-28-22(27)18-7-2-3-8-19(18)25-21(26)15(13-24)12-17-9-10-20(29-17)14-5-4-6-16(23)11-14/h2-12H,1H3,(H,25,26)/b15-12+. The first-order chi connectivity index (χ1) is 14.0. The van der Waals surface area contributed by atoms with Crippen LogP contribution < -0.4 is 5.32 Å². The Hall–Kier alpha value is -3.82. The van der Waals surface area contributed by atoms with Gasteiger partial charge in [-0.15, -0.1) is 0 Å². The number of para-hydroxylation sites is 1. The van der Waals surface area contributed by atoms with Crippen molar-refractivity contribution in [3.05, 3.63) is 82.6 Å². The van der Waals surface area contributed by atoms with Gasteiger partial charge in [0.25, 0.3) is 5.91 Å². The molecule has 0 fully saturated rings. The summed E-state index contributed by atoms with van der Waals surface area (Å²) in [5, 5.41) is 12.5. The van der Waals surface area contributed by atoms with E-state index in [0.717, 1.165) is 5.56 Å². The highest BCUT2D eigenvalue weighted by Gasteiger charge is 2.16. The Morgan fingerprint density at radius 1 is 1.14 bits per heavy atom. The molecule has 0 aliphatic rings. The number of amides is 1. The third-order valence-corrected chi connectivity index (χ3v) is 4.20. The lowest BCUT2D eigenvalue weighted by Gasteiger charge is -2.08. The Labute approximate surface area is 172 Å². The molecule has 0 aliphatic carbocycles. The molecule has 29 heavy (non-hydrogen) atoms. The zero-order valence-corrected chi connectivity index (χ0v) is 16.1. The Bertz CT molecular complexity index is 1140. The Kier molecular flexibility index (Phi) is 6.12. The Morgan fingerprint density at radius 2 is 1.93 bits per heavy atom. The fraction of sp³-hybridized carbons (Fsp3) is 0.0455. The number of nitrogens with zero attached hydrogens (tertiary/aromatic N) is 1. The zero-order valence-electron chi connectivity index (χ0n) is 15.3. The van der Waals surface area contributed by atoms with E-state index in [9.17, 15) is 14.9 Å². The van der Waals surface area contributed by atoms with Gasteiger partial charge >= 0.3 is 5.97 Å². The summed E-state index contributed by atoms with van der Waals surface area (Å²) in [4.78, 5) is 24.3. The number of benzene rings is 2. The number of carbonyl (C=O) groups excluding carboxylic acids is 2. The Morgan fingerprint density at radius 3 is 2.66 bits per heavy atom. The molecule has 3 aromatic rings. The van der Waals surface area contributed by atoms with E-state index in [0.29, 0.717) is 16.5 Å². The van der Waals surface area contributed by atoms with Gasteiger partial charge in [0.2, 0.25) is 0 Å². The quantitative estimate of drug-likeness (QED) is 0.368. The lowest BCUT2D eigenvalue weighted by atomic mass is 10.1. The average molecular weight is 407 g/mol. The van der Waals surface area contributed by atoms with Crippen LogP contribution in [0, 0.1) is 11.3 Å². The number of halogens is 1. The van der Waals surface area contributed by atoms with Gasteiger partial charge in [-0.25, -0.2) is 4.79 Å². The fourth-order valence-corrected chi connectivity index (χ4v) is 2.78. The first-order valence-electron chi connectivity index (χ1n) is 8.48. The third-order valence-electron chi connectivity index (χ3n) is 3.97. The third kappa shape index (κ3) is 4.72. The lowest BCUT2D eigenvalue weighted by molar-refractivity contribution is -0.112. The fourth-order valence-electron chi connectivity index (χ4n) is 2.59. The molecule has 144 valence electrons. The summed E-state index contributed by atoms with van der Waals surface area (Å²) in [6, 6.07) is 18.7. The van der Waals surface area contributed by atoms with E-state index in [1.807, 2.05) is 12.1 Å². The van der Waals surface area contributed by atoms with Crippen LogP contribution in [0.25, 0.3) is 17.4 Å². The number of ether oxygens (including phenoxy) is 1. The zero-order chi connectivity index (χ0) is 20.8. The highest BCUT2D eigenvalue weighted by Crippen LogP contribution is 2.26. The maximum atomic E-state index is 12.5. The number of hydrogen-bond donors (Lipinski definition) is 1. The van der Waals surface area contributed by atoms with Crippen LogP contribution in [-0.2, 0) is 9.53 Å². The number of furan rings is 1. The number of nitriles is 1. The lowest BCUT2D eigenvalue weighted by Crippen LogP contribution is -2.16. The van der Waals surface area contributed by atoms with Crippen molar-refractivity contribution < 1.29 is 18.7 Å². The molecule has 0 bridgehead atoms. The van der Waals surface area contributed by atoms with Crippen LogP contribution in [0.2, 0.25) is 5.02 Å². The highest BCUT2D eigenvalue weighted by atomic mass is 35.5. The van der Waals surface area contributed by atoms with Crippen molar-refractivity contribution in [2.75, 3.05) is 12.4 Å². The molecule has 2 aromatic carbocycles. The second kappa shape index (κ2) is 8.91. The maximum Gasteiger partial charge on any atom is 0.339 e. The normalized spacial score (nSPS) is 10.9. The van der Waals surface area contributed by atoms with Gasteiger partial charge in [0.15, 0.2) is 0 Å². The Balaban J connectivity index is 1.83. The highest BCUT2D eigenvalue weighted by molar-refractivity contribution is 6.30. The van der Waals surface area contributed by atoms with E-state index in [2.05, 4.69) is 5.32 Å². The number of anilines is 1. The van der Waals surface area contributed by atoms with Gasteiger partial charge in [0.1, 0.15) is 23.2 Å². The van der Waals surface area contributed by atoms with E-state index in [1.165, 1.54) is 19.3 Å². The molecule has 0 saturated heterocycles.